The molecule has 1 aromatic carbocycles. The van der Waals surface area contributed by atoms with E-state index in [9.17, 15) is 14.7 Å². The summed E-state index contributed by atoms with van der Waals surface area (Å²) in [7, 11) is 1.20. The molecule has 0 spiro atoms. The number of aliphatic hydroxyl groups is 1. The minimum absolute atomic E-state index is 0.0614. The fourth-order valence-electron chi connectivity index (χ4n) is 2.25. The van der Waals surface area contributed by atoms with Crippen LogP contribution in [-0.2, 0) is 14.3 Å². The van der Waals surface area contributed by atoms with Gasteiger partial charge in [0.15, 0.2) is 5.76 Å². The summed E-state index contributed by atoms with van der Waals surface area (Å²) >= 11 is 0. The van der Waals surface area contributed by atoms with Crippen LogP contribution in [0.2, 0.25) is 0 Å². The van der Waals surface area contributed by atoms with Crippen LogP contribution in [0.4, 0.5) is 0 Å². The maximum Gasteiger partial charge on any atom is 0.343 e. The molecule has 138 valence electrons. The lowest BCUT2D eigenvalue weighted by Crippen LogP contribution is -2.16. The highest BCUT2D eigenvalue weighted by Crippen LogP contribution is 2.32. The minimum atomic E-state index is -1.58. The first kappa shape index (κ1) is 19.4. The van der Waals surface area contributed by atoms with E-state index in [1.54, 1.807) is 24.3 Å². The van der Waals surface area contributed by atoms with Gasteiger partial charge in [0, 0.05) is 5.56 Å². The maximum atomic E-state index is 12.2. The number of hydrogen-bond donors (Lipinski definition) is 1. The van der Waals surface area contributed by atoms with Crippen LogP contribution in [0.25, 0.3) is 11.3 Å². The molecule has 1 atom stereocenters. The number of benzene rings is 1. The van der Waals surface area contributed by atoms with Crippen molar-refractivity contribution in [1.82, 2.24) is 5.16 Å². The van der Waals surface area contributed by atoms with Gasteiger partial charge in [-0.05, 0) is 6.42 Å². The van der Waals surface area contributed by atoms with Gasteiger partial charge >= 0.3 is 11.9 Å². The molecule has 0 bridgehead atoms. The van der Waals surface area contributed by atoms with Gasteiger partial charge in [-0.25, -0.2) is 9.59 Å². The van der Waals surface area contributed by atoms with Crippen LogP contribution in [0.1, 0.15) is 42.0 Å². The Kier molecular flexibility index (Phi) is 6.68. The summed E-state index contributed by atoms with van der Waals surface area (Å²) in [6, 6.07) is 8.81. The third kappa shape index (κ3) is 4.18. The molecule has 1 unspecified atom stereocenters. The minimum Gasteiger partial charge on any atom is -0.465 e. The molecule has 1 N–H and O–H groups in total. The second kappa shape index (κ2) is 8.96. The number of aliphatic hydroxyl groups excluding tert-OH is 1. The number of rotatable bonds is 8. The molecule has 2 rings (SSSR count). The van der Waals surface area contributed by atoms with Gasteiger partial charge in [0.05, 0.1) is 19.3 Å². The van der Waals surface area contributed by atoms with Crippen molar-refractivity contribution < 1.29 is 28.7 Å². The van der Waals surface area contributed by atoms with E-state index < -0.39 is 18.0 Å². The van der Waals surface area contributed by atoms with E-state index in [1.807, 2.05) is 13.0 Å². The van der Waals surface area contributed by atoms with Gasteiger partial charge in [0.1, 0.15) is 17.4 Å². The third-order valence-corrected chi connectivity index (χ3v) is 3.73. The Morgan fingerprint density at radius 1 is 1.31 bits per heavy atom. The summed E-state index contributed by atoms with van der Waals surface area (Å²) in [6.45, 7) is 5.73. The van der Waals surface area contributed by atoms with E-state index in [2.05, 4.69) is 11.7 Å². The number of carbonyl (C=O) groups excluding carboxylic acids is 2. The fourth-order valence-corrected chi connectivity index (χ4v) is 2.25. The Morgan fingerprint density at radius 3 is 2.62 bits per heavy atom. The van der Waals surface area contributed by atoms with E-state index in [4.69, 9.17) is 14.0 Å². The first-order valence-corrected chi connectivity index (χ1v) is 8.18. The molecule has 0 aliphatic heterocycles. The topological polar surface area (TPSA) is 98.9 Å². The predicted octanol–water partition coefficient (Wildman–Crippen LogP) is 3.06. The number of hydrogen-bond acceptors (Lipinski definition) is 7. The normalized spacial score (nSPS) is 11.7. The molecule has 0 aliphatic carbocycles. The lowest BCUT2D eigenvalue weighted by atomic mass is 10.0. The zero-order chi connectivity index (χ0) is 19.1. The standard InChI is InChI=1S/C19H21NO6/c1-4-5-11-25-18(22)12(2)16(21)17-14(19(23)24-3)15(20-26-17)13-9-7-6-8-10-13/h6-10,16,21H,2,4-5,11H2,1,3H3. The largest absolute Gasteiger partial charge is 0.465 e. The van der Waals surface area contributed by atoms with Gasteiger partial charge < -0.3 is 19.1 Å². The zero-order valence-corrected chi connectivity index (χ0v) is 14.7. The van der Waals surface area contributed by atoms with Crippen LogP contribution >= 0.6 is 0 Å². The number of carbonyl (C=O) groups is 2. The second-order valence-electron chi connectivity index (χ2n) is 5.55. The molecule has 1 aromatic heterocycles. The quantitative estimate of drug-likeness (QED) is 0.439. The van der Waals surface area contributed by atoms with Crippen LogP contribution in [-0.4, -0.2) is 35.9 Å². The van der Waals surface area contributed by atoms with Crippen molar-refractivity contribution >= 4 is 11.9 Å². The molecule has 0 saturated heterocycles. The van der Waals surface area contributed by atoms with Gasteiger partial charge in [-0.3, -0.25) is 0 Å². The lowest BCUT2D eigenvalue weighted by molar-refractivity contribution is -0.140. The third-order valence-electron chi connectivity index (χ3n) is 3.73. The number of esters is 2. The molecule has 1 heterocycles. The van der Waals surface area contributed by atoms with Crippen LogP contribution < -0.4 is 0 Å². The van der Waals surface area contributed by atoms with E-state index in [-0.39, 0.29) is 29.2 Å². The highest BCUT2D eigenvalue weighted by Gasteiger charge is 2.32. The summed E-state index contributed by atoms with van der Waals surface area (Å²) in [4.78, 5) is 24.2. The Morgan fingerprint density at radius 2 is 2.00 bits per heavy atom. The van der Waals surface area contributed by atoms with Gasteiger partial charge in [-0.2, -0.15) is 0 Å². The molecule has 0 radical (unpaired) electrons. The molecule has 26 heavy (non-hydrogen) atoms. The zero-order valence-electron chi connectivity index (χ0n) is 14.7. The predicted molar refractivity (Wildman–Crippen MR) is 93.2 cm³/mol. The van der Waals surface area contributed by atoms with Crippen molar-refractivity contribution in [2.45, 2.75) is 25.9 Å². The smallest absolute Gasteiger partial charge is 0.343 e. The molecular weight excluding hydrogens is 338 g/mol. The molecule has 7 nitrogen and oxygen atoms in total. The van der Waals surface area contributed by atoms with Gasteiger partial charge in [0.2, 0.25) is 0 Å². The Bertz CT molecular complexity index is 781. The van der Waals surface area contributed by atoms with Gasteiger partial charge in [-0.15, -0.1) is 0 Å². The number of unbranched alkanes of at least 4 members (excludes halogenated alkanes) is 1. The summed E-state index contributed by atoms with van der Waals surface area (Å²) in [5, 5.41) is 14.3. The highest BCUT2D eigenvalue weighted by atomic mass is 16.5. The number of ether oxygens (including phenoxy) is 2. The van der Waals surface area contributed by atoms with Crippen LogP contribution in [0.3, 0.4) is 0 Å². The molecule has 0 fully saturated rings. The van der Waals surface area contributed by atoms with Crippen molar-refractivity contribution in [2.24, 2.45) is 0 Å². The van der Waals surface area contributed by atoms with Crippen molar-refractivity contribution in [1.29, 1.82) is 0 Å². The maximum absolute atomic E-state index is 12.2. The number of nitrogens with zero attached hydrogens (tertiary/aromatic N) is 1. The van der Waals surface area contributed by atoms with Crippen molar-refractivity contribution in [3.8, 4) is 11.3 Å². The number of aromatic nitrogens is 1. The van der Waals surface area contributed by atoms with E-state index >= 15 is 0 Å². The average molecular weight is 359 g/mol. The Hall–Kier alpha value is -2.93. The molecule has 0 saturated carbocycles. The lowest BCUT2D eigenvalue weighted by Gasteiger charge is -2.12. The monoisotopic (exact) mass is 359 g/mol. The molecule has 7 heteroatoms. The van der Waals surface area contributed by atoms with Crippen LogP contribution in [0, 0.1) is 0 Å². The van der Waals surface area contributed by atoms with E-state index in [0.29, 0.717) is 12.0 Å². The Labute approximate surface area is 151 Å². The van der Waals surface area contributed by atoms with Crippen LogP contribution in [0.15, 0.2) is 47.0 Å². The number of methoxy groups -OCH3 is 1. The summed E-state index contributed by atoms with van der Waals surface area (Å²) < 4.78 is 15.0. The van der Waals surface area contributed by atoms with E-state index in [1.165, 1.54) is 7.11 Å². The summed E-state index contributed by atoms with van der Waals surface area (Å²) in [5.41, 5.74) is 0.501. The van der Waals surface area contributed by atoms with Crippen molar-refractivity contribution in [3.63, 3.8) is 0 Å². The Balaban J connectivity index is 2.34. The van der Waals surface area contributed by atoms with E-state index in [0.717, 1.165) is 6.42 Å². The van der Waals surface area contributed by atoms with Crippen molar-refractivity contribution in [3.05, 3.63) is 53.8 Å². The average Bonchev–Trinajstić information content (AvgIpc) is 3.12. The molecular formula is C19H21NO6. The SMILES string of the molecule is C=C(C(=O)OCCCC)C(O)c1onc(-c2ccccc2)c1C(=O)OC. The molecule has 0 amide bonds. The first-order chi connectivity index (χ1) is 12.5. The summed E-state index contributed by atoms with van der Waals surface area (Å²) in [6.07, 6.45) is -0.0245. The first-order valence-electron chi connectivity index (χ1n) is 8.18. The van der Waals surface area contributed by atoms with Gasteiger partial charge in [0.25, 0.3) is 0 Å². The second-order valence-corrected chi connectivity index (χ2v) is 5.55. The fraction of sp³-hybridized carbons (Fsp3) is 0.316. The van der Waals surface area contributed by atoms with Crippen LogP contribution in [0.5, 0.6) is 0 Å². The van der Waals surface area contributed by atoms with Gasteiger partial charge in [-0.1, -0.05) is 55.4 Å². The molecule has 0 aliphatic rings. The van der Waals surface area contributed by atoms with Crippen molar-refractivity contribution in [2.75, 3.05) is 13.7 Å². The summed E-state index contributed by atoms with van der Waals surface area (Å²) in [5.74, 6) is -1.72. The highest BCUT2D eigenvalue weighted by molar-refractivity contribution is 5.98. The molecule has 2 aromatic rings.